The van der Waals surface area contributed by atoms with Gasteiger partial charge in [0.25, 0.3) is 0 Å². The zero-order valence-corrected chi connectivity index (χ0v) is 10.4. The highest BCUT2D eigenvalue weighted by Crippen LogP contribution is 2.40. The molecule has 17 heavy (non-hydrogen) atoms. The van der Waals surface area contributed by atoms with Crippen molar-refractivity contribution in [3.8, 4) is 22.8 Å². The van der Waals surface area contributed by atoms with E-state index < -0.39 is 0 Å². The maximum Gasteiger partial charge on any atom is 0.170 e. The van der Waals surface area contributed by atoms with Crippen LogP contribution < -0.4 is 15.2 Å². The molecule has 0 atom stereocenters. The van der Waals surface area contributed by atoms with E-state index in [0.717, 1.165) is 15.8 Å². The third kappa shape index (κ3) is 1.84. The maximum absolute atomic E-state index is 5.53. The van der Waals surface area contributed by atoms with Gasteiger partial charge in [0.15, 0.2) is 23.1 Å². The summed E-state index contributed by atoms with van der Waals surface area (Å²) in [5.74, 6) is 2.36. The monoisotopic (exact) mass is 296 g/mol. The van der Waals surface area contributed by atoms with Crippen LogP contribution in [0.1, 0.15) is 0 Å². The quantitative estimate of drug-likeness (QED) is 0.875. The summed E-state index contributed by atoms with van der Waals surface area (Å²) in [6, 6.07) is 5.36. The second-order valence-electron chi connectivity index (χ2n) is 3.59. The average Bonchev–Trinajstić information content (AvgIpc) is 2.75. The number of fused-ring (bicyclic) bond motifs is 1. The lowest BCUT2D eigenvalue weighted by Crippen LogP contribution is -2.15. The van der Waals surface area contributed by atoms with Gasteiger partial charge in [0, 0.05) is 16.1 Å². The Labute approximate surface area is 106 Å². The second kappa shape index (κ2) is 3.96. The van der Waals surface area contributed by atoms with Crippen LogP contribution in [0.2, 0.25) is 0 Å². The highest BCUT2D eigenvalue weighted by Gasteiger charge is 2.17. The van der Waals surface area contributed by atoms with Crippen LogP contribution in [0.25, 0.3) is 11.3 Å². The van der Waals surface area contributed by atoms with Crippen molar-refractivity contribution < 1.29 is 14.0 Å². The van der Waals surface area contributed by atoms with E-state index in [1.54, 1.807) is 6.07 Å². The predicted octanol–water partition coefficient (Wildman–Crippen LogP) is 2.46. The summed E-state index contributed by atoms with van der Waals surface area (Å²) < 4.78 is 16.9. The number of benzene rings is 1. The fourth-order valence-corrected chi connectivity index (χ4v) is 2.19. The van der Waals surface area contributed by atoms with Gasteiger partial charge in [0.1, 0.15) is 13.2 Å². The molecule has 2 aromatic rings. The number of halogens is 1. The van der Waals surface area contributed by atoms with E-state index in [0.29, 0.717) is 30.5 Å². The molecule has 5 nitrogen and oxygen atoms in total. The Hall–Kier alpha value is -1.69. The Morgan fingerprint density at radius 1 is 1.12 bits per heavy atom. The Bertz CT molecular complexity index is 568. The number of rotatable bonds is 1. The van der Waals surface area contributed by atoms with Crippen LogP contribution in [0, 0.1) is 0 Å². The number of nitrogens with zero attached hydrogens (tertiary/aromatic N) is 1. The molecule has 2 heterocycles. The molecule has 0 fully saturated rings. The Kier molecular flexibility index (Phi) is 2.44. The zero-order valence-electron chi connectivity index (χ0n) is 8.77. The normalized spacial score (nSPS) is 13.7. The van der Waals surface area contributed by atoms with E-state index in [1.165, 1.54) is 0 Å². The molecular weight excluding hydrogens is 288 g/mol. The van der Waals surface area contributed by atoms with Crippen molar-refractivity contribution in [1.29, 1.82) is 0 Å². The highest BCUT2D eigenvalue weighted by atomic mass is 79.9. The van der Waals surface area contributed by atoms with Crippen molar-refractivity contribution in [2.75, 3.05) is 18.9 Å². The van der Waals surface area contributed by atoms with E-state index in [-0.39, 0.29) is 0 Å². The number of anilines is 1. The molecule has 2 N–H and O–H groups in total. The molecule has 0 aliphatic carbocycles. The summed E-state index contributed by atoms with van der Waals surface area (Å²) >= 11 is 3.46. The van der Waals surface area contributed by atoms with Crippen molar-refractivity contribution in [3.05, 3.63) is 22.7 Å². The molecular formula is C11H9BrN2O3. The topological polar surface area (TPSA) is 70.5 Å². The molecule has 1 aromatic carbocycles. The van der Waals surface area contributed by atoms with Crippen LogP contribution in [0.3, 0.4) is 0 Å². The summed E-state index contributed by atoms with van der Waals surface area (Å²) in [4.78, 5) is 0. The van der Waals surface area contributed by atoms with Crippen molar-refractivity contribution >= 4 is 21.7 Å². The van der Waals surface area contributed by atoms with Gasteiger partial charge in [-0.1, -0.05) is 5.16 Å². The number of hydrogen-bond acceptors (Lipinski definition) is 5. The lowest BCUT2D eigenvalue weighted by Gasteiger charge is -2.19. The molecule has 0 saturated heterocycles. The molecule has 1 aromatic heterocycles. The van der Waals surface area contributed by atoms with E-state index in [1.807, 2.05) is 12.1 Å². The van der Waals surface area contributed by atoms with Gasteiger partial charge in [-0.15, -0.1) is 0 Å². The minimum absolute atomic E-state index is 0.349. The van der Waals surface area contributed by atoms with Crippen molar-refractivity contribution in [2.45, 2.75) is 0 Å². The molecule has 0 bridgehead atoms. The fourth-order valence-electron chi connectivity index (χ4n) is 1.67. The van der Waals surface area contributed by atoms with Gasteiger partial charge < -0.3 is 19.7 Å². The molecule has 0 radical (unpaired) electrons. The third-order valence-corrected chi connectivity index (χ3v) is 3.08. The van der Waals surface area contributed by atoms with E-state index in [9.17, 15) is 0 Å². The first kappa shape index (κ1) is 10.5. The van der Waals surface area contributed by atoms with Gasteiger partial charge in [-0.2, -0.15) is 0 Å². The lowest BCUT2D eigenvalue weighted by atomic mass is 10.1. The minimum Gasteiger partial charge on any atom is -0.486 e. The first-order valence-electron chi connectivity index (χ1n) is 5.06. The van der Waals surface area contributed by atoms with Crippen molar-refractivity contribution in [2.24, 2.45) is 0 Å². The molecule has 0 spiro atoms. The highest BCUT2D eigenvalue weighted by molar-refractivity contribution is 9.10. The number of ether oxygens (including phenoxy) is 2. The van der Waals surface area contributed by atoms with Gasteiger partial charge >= 0.3 is 0 Å². The standard InChI is InChI=1S/C11H9BrN2O3/c12-7-4-10-9(15-1-2-16-10)3-6(7)8-5-11(13)14-17-8/h3-5H,1-2H2,(H2,13,14). The van der Waals surface area contributed by atoms with E-state index >= 15 is 0 Å². The SMILES string of the molecule is Nc1cc(-c2cc3c(cc2Br)OCCO3)on1. The molecule has 6 heteroatoms. The number of hydrogen-bond donors (Lipinski definition) is 1. The summed E-state index contributed by atoms with van der Waals surface area (Å²) in [6.45, 7) is 1.11. The van der Waals surface area contributed by atoms with Crippen LogP contribution in [0.5, 0.6) is 11.5 Å². The minimum atomic E-state index is 0.349. The number of aromatic nitrogens is 1. The maximum atomic E-state index is 5.53. The average molecular weight is 297 g/mol. The third-order valence-electron chi connectivity index (χ3n) is 2.43. The predicted molar refractivity (Wildman–Crippen MR) is 65.0 cm³/mol. The Balaban J connectivity index is 2.11. The van der Waals surface area contributed by atoms with Crippen LogP contribution in [-0.2, 0) is 0 Å². The first-order valence-corrected chi connectivity index (χ1v) is 5.85. The Morgan fingerprint density at radius 2 is 1.82 bits per heavy atom. The van der Waals surface area contributed by atoms with Gasteiger partial charge in [0.2, 0.25) is 0 Å². The summed E-state index contributed by atoms with van der Waals surface area (Å²) in [6.07, 6.45) is 0. The van der Waals surface area contributed by atoms with E-state index in [4.69, 9.17) is 19.7 Å². The van der Waals surface area contributed by atoms with E-state index in [2.05, 4.69) is 21.1 Å². The van der Waals surface area contributed by atoms with Crippen LogP contribution >= 0.6 is 15.9 Å². The summed E-state index contributed by atoms with van der Waals surface area (Å²) in [7, 11) is 0. The second-order valence-corrected chi connectivity index (χ2v) is 4.45. The van der Waals surface area contributed by atoms with Crippen molar-refractivity contribution in [3.63, 3.8) is 0 Å². The molecule has 0 unspecified atom stereocenters. The number of nitrogens with two attached hydrogens (primary N) is 1. The molecule has 88 valence electrons. The molecule has 3 rings (SSSR count). The summed E-state index contributed by atoms with van der Waals surface area (Å²) in [5.41, 5.74) is 6.36. The van der Waals surface area contributed by atoms with Gasteiger partial charge in [-0.05, 0) is 28.1 Å². The van der Waals surface area contributed by atoms with Crippen LogP contribution in [-0.4, -0.2) is 18.4 Å². The molecule has 0 amide bonds. The molecule has 0 saturated carbocycles. The smallest absolute Gasteiger partial charge is 0.170 e. The number of nitrogen functional groups attached to an aromatic ring is 1. The molecule has 1 aliphatic heterocycles. The van der Waals surface area contributed by atoms with Gasteiger partial charge in [0.05, 0.1) is 0 Å². The van der Waals surface area contributed by atoms with Gasteiger partial charge in [-0.3, -0.25) is 0 Å². The van der Waals surface area contributed by atoms with Crippen LogP contribution in [0.4, 0.5) is 5.82 Å². The lowest BCUT2D eigenvalue weighted by molar-refractivity contribution is 0.171. The zero-order chi connectivity index (χ0) is 11.8. The van der Waals surface area contributed by atoms with Crippen LogP contribution in [0.15, 0.2) is 27.2 Å². The Morgan fingerprint density at radius 3 is 2.47 bits per heavy atom. The van der Waals surface area contributed by atoms with Crippen molar-refractivity contribution in [1.82, 2.24) is 5.16 Å². The largest absolute Gasteiger partial charge is 0.486 e. The first-order chi connectivity index (χ1) is 8.24. The van der Waals surface area contributed by atoms with Gasteiger partial charge in [-0.25, -0.2) is 0 Å². The summed E-state index contributed by atoms with van der Waals surface area (Å²) in [5, 5.41) is 3.66. The fraction of sp³-hybridized carbons (Fsp3) is 0.182. The molecule has 1 aliphatic rings.